The van der Waals surface area contributed by atoms with Crippen LogP contribution in [-0.2, 0) is 13.1 Å². The number of hydrogen-bond acceptors (Lipinski definition) is 4. The number of rotatable bonds is 5. The van der Waals surface area contributed by atoms with Gasteiger partial charge in [-0.25, -0.2) is 9.37 Å². The van der Waals surface area contributed by atoms with Crippen LogP contribution in [0.15, 0.2) is 64.8 Å². The lowest BCUT2D eigenvalue weighted by Crippen LogP contribution is -2.21. The Bertz CT molecular complexity index is 1120. The number of fused-ring (bicyclic) bond motifs is 1. The van der Waals surface area contributed by atoms with E-state index in [-0.39, 0.29) is 11.4 Å². The Hall–Kier alpha value is -2.83. The normalized spacial score (nSPS) is 11.4. The predicted molar refractivity (Wildman–Crippen MR) is 107 cm³/mol. The van der Waals surface area contributed by atoms with Crippen LogP contribution in [0.25, 0.3) is 21.3 Å². The second-order valence-corrected chi connectivity index (χ2v) is 7.37. The minimum absolute atomic E-state index is 0.120. The molecule has 0 saturated carbocycles. The number of benzene rings is 2. The Kier molecular flexibility index (Phi) is 4.83. The fourth-order valence-electron chi connectivity index (χ4n) is 3.11. The molecule has 0 aliphatic carbocycles. The molecule has 2 heterocycles. The van der Waals surface area contributed by atoms with Gasteiger partial charge in [-0.1, -0.05) is 42.5 Å². The van der Waals surface area contributed by atoms with Crippen molar-refractivity contribution < 1.29 is 4.39 Å². The highest BCUT2D eigenvalue weighted by atomic mass is 32.1. The molecule has 4 rings (SSSR count). The van der Waals surface area contributed by atoms with Crippen LogP contribution in [0.1, 0.15) is 11.4 Å². The van der Waals surface area contributed by atoms with E-state index in [2.05, 4.69) is 9.97 Å². The van der Waals surface area contributed by atoms with Gasteiger partial charge in [-0.05, 0) is 30.3 Å². The highest BCUT2D eigenvalue weighted by molar-refractivity contribution is 7.17. The first kappa shape index (κ1) is 17.6. The van der Waals surface area contributed by atoms with Crippen LogP contribution in [0.5, 0.6) is 0 Å². The Morgan fingerprint density at radius 1 is 1.07 bits per heavy atom. The molecule has 0 amide bonds. The smallest absolute Gasteiger partial charge is 0.260 e. The summed E-state index contributed by atoms with van der Waals surface area (Å²) in [4.78, 5) is 23.0. The second kappa shape index (κ2) is 7.42. The monoisotopic (exact) mass is 379 g/mol. The lowest BCUT2D eigenvalue weighted by Gasteiger charge is -2.16. The SMILES string of the molecule is CN(Cc1ccc(F)cc1)Cc1nc2scc(-c3ccccc3)c2c(=O)[nH]1. The summed E-state index contributed by atoms with van der Waals surface area (Å²) >= 11 is 1.48. The van der Waals surface area contributed by atoms with Gasteiger partial charge in [-0.3, -0.25) is 9.69 Å². The van der Waals surface area contributed by atoms with E-state index in [0.29, 0.717) is 24.3 Å². The van der Waals surface area contributed by atoms with Crippen LogP contribution >= 0.6 is 11.3 Å². The van der Waals surface area contributed by atoms with E-state index in [0.717, 1.165) is 21.5 Å². The van der Waals surface area contributed by atoms with E-state index in [4.69, 9.17) is 0 Å². The molecule has 27 heavy (non-hydrogen) atoms. The van der Waals surface area contributed by atoms with Crippen molar-refractivity contribution in [3.05, 3.63) is 87.5 Å². The van der Waals surface area contributed by atoms with Crippen molar-refractivity contribution in [3.8, 4) is 11.1 Å². The molecule has 4 aromatic rings. The summed E-state index contributed by atoms with van der Waals surface area (Å²) in [6.07, 6.45) is 0. The fraction of sp³-hybridized carbons (Fsp3) is 0.143. The van der Waals surface area contributed by atoms with Crippen molar-refractivity contribution >= 4 is 21.6 Å². The molecular formula is C21H18FN3OS. The molecule has 0 bridgehead atoms. The number of aromatic nitrogens is 2. The lowest BCUT2D eigenvalue weighted by molar-refractivity contribution is 0.310. The van der Waals surface area contributed by atoms with E-state index in [1.807, 2.05) is 47.7 Å². The maximum absolute atomic E-state index is 13.0. The molecular weight excluding hydrogens is 361 g/mol. The summed E-state index contributed by atoms with van der Waals surface area (Å²) in [5.74, 6) is 0.378. The van der Waals surface area contributed by atoms with Gasteiger partial charge >= 0.3 is 0 Å². The Morgan fingerprint density at radius 2 is 1.81 bits per heavy atom. The van der Waals surface area contributed by atoms with Crippen LogP contribution in [0.3, 0.4) is 0 Å². The standard InChI is InChI=1S/C21H18FN3OS/c1-25(11-14-7-9-16(22)10-8-14)12-18-23-20(26)19-17(13-27-21(19)24-18)15-5-3-2-4-6-15/h2-10,13H,11-12H2,1H3,(H,23,24,26). The van der Waals surface area contributed by atoms with E-state index in [9.17, 15) is 9.18 Å². The summed E-state index contributed by atoms with van der Waals surface area (Å²) in [5.41, 5.74) is 2.81. The van der Waals surface area contributed by atoms with E-state index >= 15 is 0 Å². The molecule has 0 aliphatic heterocycles. The third-order valence-electron chi connectivity index (χ3n) is 4.36. The minimum Gasteiger partial charge on any atom is -0.309 e. The topological polar surface area (TPSA) is 49.0 Å². The lowest BCUT2D eigenvalue weighted by atomic mass is 10.1. The number of H-pyrrole nitrogens is 1. The Labute approximate surface area is 159 Å². The zero-order valence-corrected chi connectivity index (χ0v) is 15.6. The summed E-state index contributed by atoms with van der Waals surface area (Å²) in [7, 11) is 1.94. The molecule has 4 nitrogen and oxygen atoms in total. The predicted octanol–water partition coefficient (Wildman–Crippen LogP) is 4.42. The van der Waals surface area contributed by atoms with E-state index in [1.165, 1.54) is 23.5 Å². The van der Waals surface area contributed by atoms with Crippen molar-refractivity contribution in [2.45, 2.75) is 13.1 Å². The maximum Gasteiger partial charge on any atom is 0.260 e. The molecule has 0 spiro atoms. The summed E-state index contributed by atoms with van der Waals surface area (Å²) in [6.45, 7) is 1.14. The van der Waals surface area contributed by atoms with Gasteiger partial charge in [0.1, 0.15) is 16.5 Å². The molecule has 6 heteroatoms. The Balaban J connectivity index is 1.58. The van der Waals surface area contributed by atoms with Gasteiger partial charge in [0, 0.05) is 17.5 Å². The average Bonchev–Trinajstić information content (AvgIpc) is 3.09. The minimum atomic E-state index is -0.246. The van der Waals surface area contributed by atoms with Gasteiger partial charge in [0.05, 0.1) is 11.9 Å². The molecule has 1 N–H and O–H groups in total. The first-order chi connectivity index (χ1) is 13.1. The first-order valence-corrected chi connectivity index (χ1v) is 9.47. The molecule has 0 radical (unpaired) electrons. The van der Waals surface area contributed by atoms with Gasteiger partial charge in [-0.15, -0.1) is 11.3 Å². The highest BCUT2D eigenvalue weighted by Gasteiger charge is 2.13. The average molecular weight is 379 g/mol. The van der Waals surface area contributed by atoms with Crippen molar-refractivity contribution in [2.75, 3.05) is 7.05 Å². The molecule has 0 fully saturated rings. The number of halogens is 1. The molecule has 136 valence electrons. The highest BCUT2D eigenvalue weighted by Crippen LogP contribution is 2.30. The fourth-order valence-corrected chi connectivity index (χ4v) is 4.08. The third-order valence-corrected chi connectivity index (χ3v) is 5.24. The third kappa shape index (κ3) is 3.82. The number of hydrogen-bond donors (Lipinski definition) is 1. The van der Waals surface area contributed by atoms with Crippen molar-refractivity contribution in [2.24, 2.45) is 0 Å². The van der Waals surface area contributed by atoms with Gasteiger partial charge in [-0.2, -0.15) is 0 Å². The summed E-state index contributed by atoms with van der Waals surface area (Å²) in [6, 6.07) is 16.3. The second-order valence-electron chi connectivity index (χ2n) is 6.51. The van der Waals surface area contributed by atoms with Crippen LogP contribution < -0.4 is 5.56 Å². The summed E-state index contributed by atoms with van der Waals surface area (Å²) in [5, 5.41) is 2.62. The number of nitrogens with zero attached hydrogens (tertiary/aromatic N) is 2. The van der Waals surface area contributed by atoms with Gasteiger partial charge < -0.3 is 4.98 Å². The number of thiophene rings is 1. The molecule has 0 aliphatic rings. The van der Waals surface area contributed by atoms with Gasteiger partial charge in [0.2, 0.25) is 0 Å². The maximum atomic E-state index is 13.0. The first-order valence-electron chi connectivity index (χ1n) is 8.59. The van der Waals surface area contributed by atoms with E-state index in [1.54, 1.807) is 12.1 Å². The van der Waals surface area contributed by atoms with Crippen LogP contribution in [-0.4, -0.2) is 21.9 Å². The number of nitrogens with one attached hydrogen (secondary N) is 1. The largest absolute Gasteiger partial charge is 0.309 e. The van der Waals surface area contributed by atoms with Crippen molar-refractivity contribution in [3.63, 3.8) is 0 Å². The van der Waals surface area contributed by atoms with Gasteiger partial charge in [0.15, 0.2) is 0 Å². The molecule has 2 aromatic heterocycles. The van der Waals surface area contributed by atoms with Crippen LogP contribution in [0.4, 0.5) is 4.39 Å². The van der Waals surface area contributed by atoms with E-state index < -0.39 is 0 Å². The zero-order chi connectivity index (χ0) is 18.8. The molecule has 2 aromatic carbocycles. The van der Waals surface area contributed by atoms with Gasteiger partial charge in [0.25, 0.3) is 5.56 Å². The van der Waals surface area contributed by atoms with Crippen LogP contribution in [0.2, 0.25) is 0 Å². The Morgan fingerprint density at radius 3 is 2.56 bits per heavy atom. The number of aromatic amines is 1. The summed E-state index contributed by atoms with van der Waals surface area (Å²) < 4.78 is 13.0. The molecule has 0 unspecified atom stereocenters. The van der Waals surface area contributed by atoms with Crippen LogP contribution in [0, 0.1) is 5.82 Å². The van der Waals surface area contributed by atoms with Crippen molar-refractivity contribution in [1.82, 2.24) is 14.9 Å². The molecule has 0 atom stereocenters. The molecule has 0 saturated heterocycles. The van der Waals surface area contributed by atoms with Crippen molar-refractivity contribution in [1.29, 1.82) is 0 Å². The quantitative estimate of drug-likeness (QED) is 0.558. The zero-order valence-electron chi connectivity index (χ0n) is 14.8.